The Morgan fingerprint density at radius 2 is 1.84 bits per heavy atom. The molecule has 1 aliphatic rings. The van der Waals surface area contributed by atoms with Gasteiger partial charge in [0.2, 0.25) is 11.8 Å². The molecular formula is C14H27N3O2. The second-order valence-electron chi connectivity index (χ2n) is 6.11. The van der Waals surface area contributed by atoms with Crippen molar-refractivity contribution >= 4 is 11.8 Å². The summed E-state index contributed by atoms with van der Waals surface area (Å²) in [5.41, 5.74) is 5.41. The fourth-order valence-corrected chi connectivity index (χ4v) is 2.85. The standard InChI is InChI=1S/C14H27N3O2/c1-9(2)12(13(15)18)16(5)14(19)11-6-7-17(8-11)10(3)4/h9-12H,6-8H2,1-5H3,(H2,15,18)/t11-,12-/m0/s1. The predicted octanol–water partition coefficient (Wildman–Crippen LogP) is 0.685. The van der Waals surface area contributed by atoms with Gasteiger partial charge in [-0.1, -0.05) is 13.8 Å². The minimum absolute atomic E-state index is 0.00648. The van der Waals surface area contributed by atoms with E-state index < -0.39 is 11.9 Å². The number of hydrogen-bond donors (Lipinski definition) is 1. The van der Waals surface area contributed by atoms with Crippen LogP contribution in [0.3, 0.4) is 0 Å². The Kier molecular flexibility index (Phi) is 5.35. The zero-order chi connectivity index (χ0) is 14.7. The molecule has 19 heavy (non-hydrogen) atoms. The molecule has 0 radical (unpaired) electrons. The topological polar surface area (TPSA) is 66.6 Å². The Morgan fingerprint density at radius 1 is 1.26 bits per heavy atom. The molecule has 1 rings (SSSR count). The number of primary amides is 1. The highest BCUT2D eigenvalue weighted by Crippen LogP contribution is 2.22. The molecule has 5 heteroatoms. The van der Waals surface area contributed by atoms with Gasteiger partial charge in [-0.05, 0) is 32.7 Å². The van der Waals surface area contributed by atoms with Crippen LogP contribution in [0, 0.1) is 11.8 Å². The number of rotatable bonds is 5. The summed E-state index contributed by atoms with van der Waals surface area (Å²) in [5.74, 6) is -0.354. The van der Waals surface area contributed by atoms with Gasteiger partial charge in [0.05, 0.1) is 5.92 Å². The fourth-order valence-electron chi connectivity index (χ4n) is 2.85. The molecule has 1 aliphatic heterocycles. The molecule has 0 aliphatic carbocycles. The first-order chi connectivity index (χ1) is 8.75. The molecular weight excluding hydrogens is 242 g/mol. The number of nitrogens with zero attached hydrogens (tertiary/aromatic N) is 2. The van der Waals surface area contributed by atoms with Crippen LogP contribution in [0.4, 0.5) is 0 Å². The number of carbonyl (C=O) groups excluding carboxylic acids is 2. The molecule has 0 aromatic rings. The number of amides is 2. The molecule has 0 bridgehead atoms. The van der Waals surface area contributed by atoms with Crippen molar-refractivity contribution in [2.45, 2.75) is 46.2 Å². The average Bonchev–Trinajstić information content (AvgIpc) is 2.75. The maximum absolute atomic E-state index is 12.5. The number of likely N-dealkylation sites (N-methyl/N-ethyl adjacent to an activating group) is 1. The quantitative estimate of drug-likeness (QED) is 0.798. The van der Waals surface area contributed by atoms with Crippen molar-refractivity contribution in [2.75, 3.05) is 20.1 Å². The lowest BCUT2D eigenvalue weighted by molar-refractivity contribution is -0.142. The van der Waals surface area contributed by atoms with E-state index in [2.05, 4.69) is 18.7 Å². The van der Waals surface area contributed by atoms with E-state index in [1.807, 2.05) is 13.8 Å². The highest BCUT2D eigenvalue weighted by atomic mass is 16.2. The van der Waals surface area contributed by atoms with Gasteiger partial charge >= 0.3 is 0 Å². The van der Waals surface area contributed by atoms with E-state index in [0.29, 0.717) is 6.04 Å². The van der Waals surface area contributed by atoms with Gasteiger partial charge in [0.15, 0.2) is 0 Å². The number of nitrogens with two attached hydrogens (primary N) is 1. The molecule has 0 unspecified atom stereocenters. The fraction of sp³-hybridized carbons (Fsp3) is 0.857. The molecule has 0 aromatic heterocycles. The highest BCUT2D eigenvalue weighted by Gasteiger charge is 2.35. The van der Waals surface area contributed by atoms with Gasteiger partial charge in [-0.15, -0.1) is 0 Å². The predicted molar refractivity (Wildman–Crippen MR) is 75.4 cm³/mol. The van der Waals surface area contributed by atoms with Gasteiger partial charge in [0.25, 0.3) is 0 Å². The summed E-state index contributed by atoms with van der Waals surface area (Å²) < 4.78 is 0. The van der Waals surface area contributed by atoms with E-state index in [0.717, 1.165) is 19.5 Å². The second kappa shape index (κ2) is 6.37. The first-order valence-corrected chi connectivity index (χ1v) is 7.05. The molecule has 2 N–H and O–H groups in total. The lowest BCUT2D eigenvalue weighted by Crippen LogP contribution is -2.50. The van der Waals surface area contributed by atoms with E-state index in [1.165, 1.54) is 0 Å². The third-order valence-corrected chi connectivity index (χ3v) is 3.99. The molecule has 0 saturated carbocycles. The molecule has 0 spiro atoms. The Bertz CT molecular complexity index is 342. The Morgan fingerprint density at radius 3 is 2.21 bits per heavy atom. The lowest BCUT2D eigenvalue weighted by Gasteiger charge is -2.31. The molecule has 5 nitrogen and oxygen atoms in total. The number of hydrogen-bond acceptors (Lipinski definition) is 3. The monoisotopic (exact) mass is 269 g/mol. The van der Waals surface area contributed by atoms with Gasteiger partial charge in [0.1, 0.15) is 6.04 Å². The van der Waals surface area contributed by atoms with Crippen molar-refractivity contribution in [1.29, 1.82) is 0 Å². The van der Waals surface area contributed by atoms with Crippen molar-refractivity contribution < 1.29 is 9.59 Å². The summed E-state index contributed by atoms with van der Waals surface area (Å²) in [5, 5.41) is 0. The number of carbonyl (C=O) groups is 2. The summed E-state index contributed by atoms with van der Waals surface area (Å²) >= 11 is 0. The van der Waals surface area contributed by atoms with E-state index in [9.17, 15) is 9.59 Å². The van der Waals surface area contributed by atoms with Gasteiger partial charge < -0.3 is 15.5 Å². The first-order valence-electron chi connectivity index (χ1n) is 7.05. The van der Waals surface area contributed by atoms with Crippen LogP contribution in [0.25, 0.3) is 0 Å². The minimum atomic E-state index is -0.513. The Balaban J connectivity index is 2.70. The van der Waals surface area contributed by atoms with Crippen LogP contribution >= 0.6 is 0 Å². The smallest absolute Gasteiger partial charge is 0.240 e. The van der Waals surface area contributed by atoms with E-state index in [4.69, 9.17) is 5.73 Å². The Hall–Kier alpha value is -1.10. The second-order valence-corrected chi connectivity index (χ2v) is 6.11. The SMILES string of the molecule is CC(C)[C@@H](C(N)=O)N(C)C(=O)[C@H]1CCN(C(C)C)C1. The Labute approximate surface area is 116 Å². The molecule has 2 amide bonds. The van der Waals surface area contributed by atoms with Crippen LogP contribution in [0.1, 0.15) is 34.1 Å². The number of likely N-dealkylation sites (tertiary alicyclic amines) is 1. The maximum Gasteiger partial charge on any atom is 0.240 e. The maximum atomic E-state index is 12.5. The minimum Gasteiger partial charge on any atom is -0.368 e. The van der Waals surface area contributed by atoms with Crippen molar-refractivity contribution in [3.05, 3.63) is 0 Å². The molecule has 1 saturated heterocycles. The van der Waals surface area contributed by atoms with Crippen LogP contribution in [-0.2, 0) is 9.59 Å². The molecule has 0 aromatic carbocycles. The van der Waals surface area contributed by atoms with Gasteiger partial charge in [-0.3, -0.25) is 9.59 Å². The van der Waals surface area contributed by atoms with Gasteiger partial charge in [0, 0.05) is 19.6 Å². The summed E-state index contributed by atoms with van der Waals surface area (Å²) in [6.07, 6.45) is 0.866. The highest BCUT2D eigenvalue weighted by molar-refractivity contribution is 5.87. The summed E-state index contributed by atoms with van der Waals surface area (Å²) in [4.78, 5) is 27.8. The van der Waals surface area contributed by atoms with Crippen LogP contribution in [0.15, 0.2) is 0 Å². The third-order valence-electron chi connectivity index (χ3n) is 3.99. The van der Waals surface area contributed by atoms with Crippen LogP contribution in [-0.4, -0.2) is 53.8 Å². The van der Waals surface area contributed by atoms with E-state index in [-0.39, 0.29) is 17.7 Å². The van der Waals surface area contributed by atoms with Crippen molar-refractivity contribution in [3.8, 4) is 0 Å². The van der Waals surface area contributed by atoms with Crippen LogP contribution < -0.4 is 5.73 Å². The van der Waals surface area contributed by atoms with Crippen molar-refractivity contribution in [3.63, 3.8) is 0 Å². The lowest BCUT2D eigenvalue weighted by atomic mass is 9.99. The van der Waals surface area contributed by atoms with Gasteiger partial charge in [-0.25, -0.2) is 0 Å². The first kappa shape index (κ1) is 16.0. The van der Waals surface area contributed by atoms with Gasteiger partial charge in [-0.2, -0.15) is 0 Å². The zero-order valence-corrected chi connectivity index (χ0v) is 12.7. The largest absolute Gasteiger partial charge is 0.368 e. The summed E-state index contributed by atoms with van der Waals surface area (Å²) in [6.45, 7) is 9.83. The molecule has 2 atom stereocenters. The molecule has 110 valence electrons. The third kappa shape index (κ3) is 3.69. The normalized spacial score (nSPS) is 21.9. The zero-order valence-electron chi connectivity index (χ0n) is 12.7. The van der Waals surface area contributed by atoms with Crippen molar-refractivity contribution in [2.24, 2.45) is 17.6 Å². The van der Waals surface area contributed by atoms with Crippen molar-refractivity contribution in [1.82, 2.24) is 9.80 Å². The van der Waals surface area contributed by atoms with E-state index in [1.54, 1.807) is 11.9 Å². The summed E-state index contributed by atoms with van der Waals surface area (Å²) in [7, 11) is 1.69. The average molecular weight is 269 g/mol. The summed E-state index contributed by atoms with van der Waals surface area (Å²) in [6, 6.07) is -0.0549. The molecule has 1 heterocycles. The van der Waals surface area contributed by atoms with Crippen LogP contribution in [0.5, 0.6) is 0 Å². The van der Waals surface area contributed by atoms with Crippen LogP contribution in [0.2, 0.25) is 0 Å². The van der Waals surface area contributed by atoms with E-state index >= 15 is 0 Å². The molecule has 1 fully saturated rings.